The molecule has 1 aliphatic heterocycles. The van der Waals surface area contributed by atoms with E-state index in [0.29, 0.717) is 18.7 Å². The molecule has 4 aromatic rings. The van der Waals surface area contributed by atoms with E-state index < -0.39 is 9.84 Å². The molecule has 0 saturated carbocycles. The van der Waals surface area contributed by atoms with E-state index in [-0.39, 0.29) is 29.2 Å². The molecule has 1 aromatic carbocycles. The van der Waals surface area contributed by atoms with E-state index in [1.807, 2.05) is 42.8 Å². The number of furan rings is 1. The number of thiazole rings is 1. The van der Waals surface area contributed by atoms with E-state index >= 15 is 0 Å². The quantitative estimate of drug-likeness (QED) is 0.425. The van der Waals surface area contributed by atoms with Gasteiger partial charge in [-0.05, 0) is 44.5 Å². The van der Waals surface area contributed by atoms with Gasteiger partial charge in [-0.15, -0.1) is 11.3 Å². The van der Waals surface area contributed by atoms with Gasteiger partial charge >= 0.3 is 0 Å². The summed E-state index contributed by atoms with van der Waals surface area (Å²) < 4.78 is 32.5. The van der Waals surface area contributed by atoms with Crippen molar-refractivity contribution in [3.63, 3.8) is 0 Å². The first-order chi connectivity index (χ1) is 15.7. The van der Waals surface area contributed by atoms with Crippen molar-refractivity contribution in [2.24, 2.45) is 0 Å². The molecule has 0 spiro atoms. The van der Waals surface area contributed by atoms with Crippen molar-refractivity contribution in [3.05, 3.63) is 59.1 Å². The second-order valence-electron chi connectivity index (χ2n) is 8.46. The Labute approximate surface area is 195 Å². The highest BCUT2D eigenvalue weighted by Gasteiger charge is 2.32. The standard InChI is InChI=1S/C23H24N4O4S2/c1-14-17(15(2)27(25-14)16-10-11-33(29,30)13-16)12-26(3)23(28)20-9-8-19(31-20)22-24-18-6-4-5-7-21(18)32-22/h4-9,16H,10-13H2,1-3H3/t16-/m0/s1. The summed E-state index contributed by atoms with van der Waals surface area (Å²) in [5.74, 6) is 0.882. The van der Waals surface area contributed by atoms with Crippen LogP contribution in [0.4, 0.5) is 0 Å². The van der Waals surface area contributed by atoms with Gasteiger partial charge in [0.15, 0.2) is 26.4 Å². The highest BCUT2D eigenvalue weighted by molar-refractivity contribution is 7.91. The minimum atomic E-state index is -3.01. The number of rotatable bonds is 5. The van der Waals surface area contributed by atoms with Crippen molar-refractivity contribution < 1.29 is 17.6 Å². The summed E-state index contributed by atoms with van der Waals surface area (Å²) in [5, 5.41) is 5.33. The van der Waals surface area contributed by atoms with Crippen LogP contribution in [0.25, 0.3) is 21.0 Å². The number of aromatic nitrogens is 3. The predicted octanol–water partition coefficient (Wildman–Crippen LogP) is 4.00. The number of para-hydroxylation sites is 1. The molecule has 172 valence electrons. The summed E-state index contributed by atoms with van der Waals surface area (Å²) in [7, 11) is -1.29. The van der Waals surface area contributed by atoms with Crippen LogP contribution in [0.5, 0.6) is 0 Å². The summed E-state index contributed by atoms with van der Waals surface area (Å²) >= 11 is 1.52. The molecule has 8 nitrogen and oxygen atoms in total. The lowest BCUT2D eigenvalue weighted by Crippen LogP contribution is -2.26. The first-order valence-corrected chi connectivity index (χ1v) is 13.3. The SMILES string of the molecule is Cc1nn([C@H]2CCS(=O)(=O)C2)c(C)c1CN(C)C(=O)c1ccc(-c2nc3ccccc3s2)o1. The van der Waals surface area contributed by atoms with Gasteiger partial charge in [0, 0.05) is 24.8 Å². The Morgan fingerprint density at radius 2 is 2.03 bits per heavy atom. The molecular formula is C23H24N4O4S2. The topological polar surface area (TPSA) is 98.3 Å². The van der Waals surface area contributed by atoms with Gasteiger partial charge in [0.2, 0.25) is 0 Å². The van der Waals surface area contributed by atoms with E-state index in [4.69, 9.17) is 4.42 Å². The van der Waals surface area contributed by atoms with E-state index in [1.54, 1.807) is 24.1 Å². The first kappa shape index (κ1) is 21.8. The zero-order valence-electron chi connectivity index (χ0n) is 18.6. The van der Waals surface area contributed by atoms with Crippen LogP contribution in [-0.2, 0) is 16.4 Å². The maximum Gasteiger partial charge on any atom is 0.289 e. The number of benzene rings is 1. The molecular weight excluding hydrogens is 460 g/mol. The molecule has 0 N–H and O–H groups in total. The maximum absolute atomic E-state index is 13.0. The number of hydrogen-bond acceptors (Lipinski definition) is 7. The highest BCUT2D eigenvalue weighted by atomic mass is 32.2. The summed E-state index contributed by atoms with van der Waals surface area (Å²) in [5.41, 5.74) is 3.51. The van der Waals surface area contributed by atoms with Crippen molar-refractivity contribution in [1.82, 2.24) is 19.7 Å². The fraction of sp³-hybridized carbons (Fsp3) is 0.348. The number of carbonyl (C=O) groups excluding carboxylic acids is 1. The van der Waals surface area contributed by atoms with Crippen molar-refractivity contribution >= 4 is 37.3 Å². The van der Waals surface area contributed by atoms with E-state index in [0.717, 1.165) is 32.2 Å². The lowest BCUT2D eigenvalue weighted by Gasteiger charge is -2.17. The Kier molecular flexibility index (Phi) is 5.37. The van der Waals surface area contributed by atoms with Gasteiger partial charge in [0.25, 0.3) is 5.91 Å². The van der Waals surface area contributed by atoms with Gasteiger partial charge in [-0.2, -0.15) is 5.10 Å². The Bertz CT molecular complexity index is 1430. The third-order valence-electron chi connectivity index (χ3n) is 6.09. The minimum Gasteiger partial charge on any atom is -0.448 e. The molecule has 1 atom stereocenters. The van der Waals surface area contributed by atoms with Gasteiger partial charge in [-0.25, -0.2) is 13.4 Å². The molecule has 1 aliphatic rings. The average Bonchev–Trinajstić information content (AvgIpc) is 3.55. The van der Waals surface area contributed by atoms with Crippen LogP contribution in [0.1, 0.15) is 40.0 Å². The van der Waals surface area contributed by atoms with Crippen molar-refractivity contribution in [2.75, 3.05) is 18.6 Å². The zero-order valence-corrected chi connectivity index (χ0v) is 20.2. The lowest BCUT2D eigenvalue weighted by atomic mass is 10.1. The maximum atomic E-state index is 13.0. The predicted molar refractivity (Wildman–Crippen MR) is 127 cm³/mol. The molecule has 33 heavy (non-hydrogen) atoms. The fourth-order valence-electron chi connectivity index (χ4n) is 4.29. The zero-order chi connectivity index (χ0) is 23.3. The summed E-state index contributed by atoms with van der Waals surface area (Å²) in [4.78, 5) is 19.2. The number of carbonyl (C=O) groups is 1. The van der Waals surface area contributed by atoms with Crippen LogP contribution < -0.4 is 0 Å². The first-order valence-electron chi connectivity index (χ1n) is 10.7. The van der Waals surface area contributed by atoms with Crippen LogP contribution in [0.2, 0.25) is 0 Å². The van der Waals surface area contributed by atoms with E-state index in [1.165, 1.54) is 11.3 Å². The van der Waals surface area contributed by atoms with Gasteiger partial charge in [-0.1, -0.05) is 12.1 Å². The Morgan fingerprint density at radius 1 is 1.24 bits per heavy atom. The minimum absolute atomic E-state index is 0.115. The van der Waals surface area contributed by atoms with Gasteiger partial charge < -0.3 is 9.32 Å². The smallest absolute Gasteiger partial charge is 0.289 e. The number of fused-ring (bicyclic) bond motifs is 1. The van der Waals surface area contributed by atoms with Gasteiger partial charge in [-0.3, -0.25) is 9.48 Å². The Morgan fingerprint density at radius 3 is 2.76 bits per heavy atom. The van der Waals surface area contributed by atoms with Crippen molar-refractivity contribution in [1.29, 1.82) is 0 Å². The second kappa shape index (κ2) is 8.11. The molecule has 0 radical (unpaired) electrons. The Hall–Kier alpha value is -2.98. The third kappa shape index (κ3) is 4.08. The van der Waals surface area contributed by atoms with Crippen LogP contribution >= 0.6 is 11.3 Å². The number of hydrogen-bond donors (Lipinski definition) is 0. The largest absolute Gasteiger partial charge is 0.448 e. The molecule has 0 unspecified atom stereocenters. The molecule has 0 bridgehead atoms. The van der Waals surface area contributed by atoms with E-state index in [9.17, 15) is 13.2 Å². The van der Waals surface area contributed by atoms with Crippen LogP contribution in [0.15, 0.2) is 40.8 Å². The number of sulfone groups is 1. The third-order valence-corrected chi connectivity index (χ3v) is 8.89. The highest BCUT2D eigenvalue weighted by Crippen LogP contribution is 2.32. The molecule has 1 saturated heterocycles. The van der Waals surface area contributed by atoms with Crippen molar-refractivity contribution in [3.8, 4) is 10.8 Å². The average molecular weight is 485 g/mol. The summed E-state index contributed by atoms with van der Waals surface area (Å²) in [6.07, 6.45) is 0.569. The fourth-order valence-corrected chi connectivity index (χ4v) is 6.91. The van der Waals surface area contributed by atoms with Crippen LogP contribution in [0, 0.1) is 13.8 Å². The molecule has 4 heterocycles. The monoisotopic (exact) mass is 484 g/mol. The van der Waals surface area contributed by atoms with Gasteiger partial charge in [0.05, 0.1) is 33.5 Å². The molecule has 3 aromatic heterocycles. The number of amides is 1. The Balaban J connectivity index is 1.34. The molecule has 1 fully saturated rings. The second-order valence-corrected chi connectivity index (χ2v) is 11.7. The summed E-state index contributed by atoms with van der Waals surface area (Å²) in [6.45, 7) is 4.17. The summed E-state index contributed by atoms with van der Waals surface area (Å²) in [6, 6.07) is 11.2. The van der Waals surface area contributed by atoms with Crippen molar-refractivity contribution in [2.45, 2.75) is 32.9 Å². The normalized spacial score (nSPS) is 17.6. The van der Waals surface area contributed by atoms with E-state index in [2.05, 4.69) is 10.1 Å². The number of aryl methyl sites for hydroxylation is 1. The van der Waals surface area contributed by atoms with Crippen LogP contribution in [-0.4, -0.2) is 52.5 Å². The molecule has 1 amide bonds. The van der Waals surface area contributed by atoms with Gasteiger partial charge in [0.1, 0.15) is 0 Å². The molecule has 0 aliphatic carbocycles. The molecule has 10 heteroatoms. The molecule has 5 rings (SSSR count). The lowest BCUT2D eigenvalue weighted by molar-refractivity contribution is 0.0754. The number of nitrogens with zero attached hydrogens (tertiary/aromatic N) is 4. The van der Waals surface area contributed by atoms with Crippen LogP contribution in [0.3, 0.4) is 0 Å².